The average molecular weight is 329 g/mol. The van der Waals surface area contributed by atoms with Gasteiger partial charge in [-0.1, -0.05) is 6.07 Å². The van der Waals surface area contributed by atoms with Crippen molar-refractivity contribution in [3.8, 4) is 5.75 Å². The number of ether oxygens (including phenoxy) is 2. The van der Waals surface area contributed by atoms with Gasteiger partial charge in [-0.15, -0.1) is 0 Å². The molecule has 0 atom stereocenters. The summed E-state index contributed by atoms with van der Waals surface area (Å²) in [5.74, 6) is 0.652. The Morgan fingerprint density at radius 2 is 2.12 bits per heavy atom. The van der Waals surface area contributed by atoms with E-state index >= 15 is 0 Å². The maximum absolute atomic E-state index is 12.2. The van der Waals surface area contributed by atoms with Crippen molar-refractivity contribution < 1.29 is 14.3 Å². The lowest BCUT2D eigenvalue weighted by Gasteiger charge is -2.26. The van der Waals surface area contributed by atoms with Crippen LogP contribution in [0.2, 0.25) is 0 Å². The van der Waals surface area contributed by atoms with E-state index in [4.69, 9.17) is 9.47 Å². The molecule has 24 heavy (non-hydrogen) atoms. The second-order valence-electron chi connectivity index (χ2n) is 5.82. The summed E-state index contributed by atoms with van der Waals surface area (Å²) in [4.78, 5) is 19.0. The van der Waals surface area contributed by atoms with Crippen LogP contribution in [0.5, 0.6) is 5.75 Å². The number of amides is 1. The Morgan fingerprint density at radius 3 is 2.92 bits per heavy atom. The van der Waals surface area contributed by atoms with E-state index in [1.165, 1.54) is 0 Å². The monoisotopic (exact) mass is 329 g/mol. The van der Waals surface area contributed by atoms with Crippen molar-refractivity contribution in [1.29, 1.82) is 0 Å². The van der Waals surface area contributed by atoms with E-state index in [2.05, 4.69) is 15.2 Å². The fourth-order valence-electron chi connectivity index (χ4n) is 2.78. The summed E-state index contributed by atoms with van der Waals surface area (Å²) in [6, 6.07) is 9.27. The number of morpholine rings is 1. The first-order chi connectivity index (χ1) is 11.8. The highest BCUT2D eigenvalue weighted by Gasteiger charge is 2.11. The molecule has 1 aliphatic rings. The molecular formula is C18H23N3O3. The normalized spacial score (nSPS) is 15.4. The molecule has 1 aromatic carbocycles. The molecule has 1 aromatic heterocycles. The summed E-state index contributed by atoms with van der Waals surface area (Å²) >= 11 is 0. The Balaban J connectivity index is 1.51. The highest BCUT2D eigenvalue weighted by molar-refractivity contribution is 5.95. The third-order valence-electron chi connectivity index (χ3n) is 4.17. The average Bonchev–Trinajstić information content (AvgIpc) is 2.65. The quantitative estimate of drug-likeness (QED) is 0.817. The highest BCUT2D eigenvalue weighted by atomic mass is 16.5. The Kier molecular flexibility index (Phi) is 5.61. The van der Waals surface area contributed by atoms with Crippen molar-refractivity contribution in [3.63, 3.8) is 0 Å². The molecule has 128 valence electrons. The van der Waals surface area contributed by atoms with E-state index in [1.54, 1.807) is 13.2 Å². The fourth-order valence-corrected chi connectivity index (χ4v) is 2.78. The highest BCUT2D eigenvalue weighted by Crippen LogP contribution is 2.19. The van der Waals surface area contributed by atoms with Crippen LogP contribution in [-0.4, -0.2) is 62.3 Å². The van der Waals surface area contributed by atoms with E-state index in [0.29, 0.717) is 12.2 Å². The van der Waals surface area contributed by atoms with Gasteiger partial charge in [0.05, 0.1) is 25.8 Å². The number of carbonyl (C=O) groups is 1. The first-order valence-electron chi connectivity index (χ1n) is 8.29. The number of aromatic nitrogens is 1. The second kappa shape index (κ2) is 8.08. The minimum atomic E-state index is -0.130. The SMILES string of the molecule is COc1ccc2nc(C(=O)NCCCN3CCOCC3)ccc2c1. The Morgan fingerprint density at radius 1 is 1.29 bits per heavy atom. The van der Waals surface area contributed by atoms with Crippen LogP contribution in [-0.2, 0) is 4.74 Å². The van der Waals surface area contributed by atoms with E-state index in [0.717, 1.165) is 55.9 Å². The Bertz CT molecular complexity index is 699. The lowest BCUT2D eigenvalue weighted by atomic mass is 10.2. The van der Waals surface area contributed by atoms with E-state index in [-0.39, 0.29) is 5.91 Å². The van der Waals surface area contributed by atoms with Gasteiger partial charge < -0.3 is 14.8 Å². The summed E-state index contributed by atoms with van der Waals surface area (Å²) in [7, 11) is 1.63. The van der Waals surface area contributed by atoms with Crippen molar-refractivity contribution >= 4 is 16.8 Å². The smallest absolute Gasteiger partial charge is 0.269 e. The minimum Gasteiger partial charge on any atom is -0.497 e. The number of pyridine rings is 1. The third-order valence-corrected chi connectivity index (χ3v) is 4.17. The molecule has 2 aromatic rings. The molecule has 0 radical (unpaired) electrons. The zero-order chi connectivity index (χ0) is 16.8. The molecule has 0 saturated carbocycles. The van der Waals surface area contributed by atoms with Gasteiger partial charge in [-0.3, -0.25) is 9.69 Å². The predicted octanol–water partition coefficient (Wildman–Crippen LogP) is 1.70. The van der Waals surface area contributed by atoms with Crippen molar-refractivity contribution in [2.45, 2.75) is 6.42 Å². The number of nitrogens with one attached hydrogen (secondary N) is 1. The Labute approximate surface area is 141 Å². The molecule has 6 nitrogen and oxygen atoms in total. The van der Waals surface area contributed by atoms with Gasteiger partial charge in [0.1, 0.15) is 11.4 Å². The number of fused-ring (bicyclic) bond motifs is 1. The number of methoxy groups -OCH3 is 1. The van der Waals surface area contributed by atoms with Gasteiger partial charge in [-0.2, -0.15) is 0 Å². The summed E-state index contributed by atoms with van der Waals surface area (Å²) < 4.78 is 10.5. The standard InChI is InChI=1S/C18H23N3O3/c1-23-15-4-6-16-14(13-15)3-5-17(20-16)18(22)19-7-2-8-21-9-11-24-12-10-21/h3-6,13H,2,7-12H2,1H3,(H,19,22). The zero-order valence-corrected chi connectivity index (χ0v) is 14.0. The number of hydrogen-bond acceptors (Lipinski definition) is 5. The lowest BCUT2D eigenvalue weighted by molar-refractivity contribution is 0.0374. The minimum absolute atomic E-state index is 0.130. The largest absolute Gasteiger partial charge is 0.497 e. The maximum Gasteiger partial charge on any atom is 0.269 e. The van der Waals surface area contributed by atoms with Gasteiger partial charge in [0.15, 0.2) is 0 Å². The van der Waals surface area contributed by atoms with Gasteiger partial charge in [0.2, 0.25) is 0 Å². The molecule has 0 spiro atoms. The van der Waals surface area contributed by atoms with E-state index in [1.807, 2.05) is 24.3 Å². The molecule has 1 fully saturated rings. The van der Waals surface area contributed by atoms with Crippen LogP contribution >= 0.6 is 0 Å². The van der Waals surface area contributed by atoms with Crippen LogP contribution in [0, 0.1) is 0 Å². The van der Waals surface area contributed by atoms with Crippen molar-refractivity contribution in [2.24, 2.45) is 0 Å². The van der Waals surface area contributed by atoms with Crippen LogP contribution < -0.4 is 10.1 Å². The van der Waals surface area contributed by atoms with Gasteiger partial charge in [0.25, 0.3) is 5.91 Å². The van der Waals surface area contributed by atoms with Crippen molar-refractivity contribution in [2.75, 3.05) is 46.5 Å². The topological polar surface area (TPSA) is 63.7 Å². The van der Waals surface area contributed by atoms with Gasteiger partial charge in [-0.25, -0.2) is 4.98 Å². The first-order valence-corrected chi connectivity index (χ1v) is 8.29. The number of benzene rings is 1. The van der Waals surface area contributed by atoms with E-state index in [9.17, 15) is 4.79 Å². The number of rotatable bonds is 6. The number of carbonyl (C=O) groups excluding carboxylic acids is 1. The van der Waals surface area contributed by atoms with Crippen LogP contribution in [0.25, 0.3) is 10.9 Å². The fraction of sp³-hybridized carbons (Fsp3) is 0.444. The summed E-state index contributed by atoms with van der Waals surface area (Å²) in [6.45, 7) is 5.19. The van der Waals surface area contributed by atoms with Crippen LogP contribution in [0.1, 0.15) is 16.9 Å². The molecule has 0 bridgehead atoms. The Hall–Kier alpha value is -2.18. The van der Waals surface area contributed by atoms with Crippen LogP contribution in [0.15, 0.2) is 30.3 Å². The van der Waals surface area contributed by atoms with Gasteiger partial charge in [-0.05, 0) is 37.2 Å². The molecule has 1 saturated heterocycles. The summed E-state index contributed by atoms with van der Waals surface area (Å²) in [5, 5.41) is 3.90. The third kappa shape index (κ3) is 4.21. The first kappa shape index (κ1) is 16.7. The number of nitrogens with zero attached hydrogens (tertiary/aromatic N) is 2. The predicted molar refractivity (Wildman–Crippen MR) is 92.5 cm³/mol. The molecule has 0 aliphatic carbocycles. The zero-order valence-electron chi connectivity index (χ0n) is 14.0. The van der Waals surface area contributed by atoms with Crippen molar-refractivity contribution in [3.05, 3.63) is 36.0 Å². The molecule has 0 unspecified atom stereocenters. The molecule has 3 rings (SSSR count). The molecule has 1 aliphatic heterocycles. The van der Waals surface area contributed by atoms with Gasteiger partial charge >= 0.3 is 0 Å². The summed E-state index contributed by atoms with van der Waals surface area (Å²) in [6.07, 6.45) is 0.927. The second-order valence-corrected chi connectivity index (χ2v) is 5.82. The number of hydrogen-bond donors (Lipinski definition) is 1. The molecule has 1 amide bonds. The lowest BCUT2D eigenvalue weighted by Crippen LogP contribution is -2.38. The van der Waals surface area contributed by atoms with E-state index < -0.39 is 0 Å². The molecular weight excluding hydrogens is 306 g/mol. The molecule has 2 heterocycles. The van der Waals surface area contributed by atoms with Crippen LogP contribution in [0.3, 0.4) is 0 Å². The van der Waals surface area contributed by atoms with Crippen LogP contribution in [0.4, 0.5) is 0 Å². The summed E-state index contributed by atoms with van der Waals surface area (Å²) in [5.41, 5.74) is 1.23. The molecule has 6 heteroatoms. The van der Waals surface area contributed by atoms with Crippen molar-refractivity contribution in [1.82, 2.24) is 15.2 Å². The maximum atomic E-state index is 12.2. The van der Waals surface area contributed by atoms with Gasteiger partial charge in [0, 0.05) is 25.0 Å². The molecule has 1 N–H and O–H groups in total.